The molecule has 4 rings (SSSR count). The van der Waals surface area contributed by atoms with Crippen LogP contribution in [0.2, 0.25) is 0 Å². The first kappa shape index (κ1) is 25.4. The first-order valence-electron chi connectivity index (χ1n) is 11.2. The van der Waals surface area contributed by atoms with Crippen molar-refractivity contribution in [2.45, 2.75) is 20.0 Å². The number of aryl methyl sites for hydroxylation is 2. The monoisotopic (exact) mass is 508 g/mol. The SMILES string of the molecule is CCN1CCOc2nc3c(cc2C(=O)NC(=O)N(c2ccc(F)c(C(F)(F)F)c2)CC1)c(C)nn3C. The van der Waals surface area contributed by atoms with Gasteiger partial charge in [0.1, 0.15) is 18.0 Å². The molecular formula is C23H24F4N6O3. The highest BCUT2D eigenvalue weighted by Gasteiger charge is 2.35. The second kappa shape index (κ2) is 9.72. The second-order valence-corrected chi connectivity index (χ2v) is 8.28. The van der Waals surface area contributed by atoms with Crippen molar-refractivity contribution >= 4 is 28.7 Å². The Morgan fingerprint density at radius 3 is 2.58 bits per heavy atom. The van der Waals surface area contributed by atoms with Gasteiger partial charge in [0, 0.05) is 37.8 Å². The fraction of sp³-hybridized carbons (Fsp3) is 0.391. The van der Waals surface area contributed by atoms with E-state index in [0.717, 1.165) is 11.0 Å². The van der Waals surface area contributed by atoms with Crippen LogP contribution < -0.4 is 15.0 Å². The lowest BCUT2D eigenvalue weighted by Crippen LogP contribution is -2.47. The molecule has 0 atom stereocenters. The minimum atomic E-state index is -4.96. The number of benzene rings is 1. The van der Waals surface area contributed by atoms with Crippen molar-refractivity contribution < 1.29 is 31.9 Å². The number of nitrogens with zero attached hydrogens (tertiary/aromatic N) is 5. The molecule has 13 heteroatoms. The van der Waals surface area contributed by atoms with Crippen molar-refractivity contribution in [2.75, 3.05) is 37.7 Å². The van der Waals surface area contributed by atoms with E-state index in [9.17, 15) is 27.2 Å². The molecular weight excluding hydrogens is 484 g/mol. The van der Waals surface area contributed by atoms with E-state index in [4.69, 9.17) is 4.74 Å². The Morgan fingerprint density at radius 2 is 1.89 bits per heavy atom. The van der Waals surface area contributed by atoms with Crippen LogP contribution in [0.5, 0.6) is 5.88 Å². The highest BCUT2D eigenvalue weighted by atomic mass is 19.4. The molecule has 0 saturated carbocycles. The predicted molar refractivity (Wildman–Crippen MR) is 122 cm³/mol. The molecule has 1 aliphatic heterocycles. The van der Waals surface area contributed by atoms with Gasteiger partial charge in [0.15, 0.2) is 5.65 Å². The Bertz CT molecular complexity index is 1320. The predicted octanol–water partition coefficient (Wildman–Crippen LogP) is 3.51. The van der Waals surface area contributed by atoms with Crippen molar-refractivity contribution in [1.82, 2.24) is 25.0 Å². The van der Waals surface area contributed by atoms with Gasteiger partial charge in [-0.3, -0.25) is 24.6 Å². The minimum Gasteiger partial charge on any atom is -0.476 e. The molecule has 2 aromatic heterocycles. The van der Waals surface area contributed by atoms with Gasteiger partial charge in [-0.15, -0.1) is 0 Å². The molecule has 1 aromatic carbocycles. The molecule has 0 unspecified atom stereocenters. The quantitative estimate of drug-likeness (QED) is 0.533. The van der Waals surface area contributed by atoms with Crippen LogP contribution in [0.1, 0.15) is 28.5 Å². The van der Waals surface area contributed by atoms with Gasteiger partial charge in [0.25, 0.3) is 5.91 Å². The van der Waals surface area contributed by atoms with Crippen LogP contribution in [-0.4, -0.2) is 64.4 Å². The molecule has 0 saturated heterocycles. The summed E-state index contributed by atoms with van der Waals surface area (Å²) in [4.78, 5) is 33.6. The normalized spacial score (nSPS) is 16.2. The van der Waals surface area contributed by atoms with Gasteiger partial charge in [0.05, 0.1) is 11.3 Å². The summed E-state index contributed by atoms with van der Waals surface area (Å²) in [5, 5.41) is 7.07. The zero-order chi connectivity index (χ0) is 26.2. The number of rotatable bonds is 2. The number of carbonyl (C=O) groups is 2. The number of nitrogens with one attached hydrogen (secondary N) is 1. The number of ether oxygens (including phenoxy) is 1. The van der Waals surface area contributed by atoms with Gasteiger partial charge in [-0.25, -0.2) is 9.18 Å². The molecule has 0 bridgehead atoms. The molecule has 3 heterocycles. The molecule has 0 spiro atoms. The van der Waals surface area contributed by atoms with Gasteiger partial charge in [-0.1, -0.05) is 6.92 Å². The summed E-state index contributed by atoms with van der Waals surface area (Å²) < 4.78 is 61.2. The zero-order valence-corrected chi connectivity index (χ0v) is 19.8. The molecule has 1 N–H and O–H groups in total. The first-order valence-corrected chi connectivity index (χ1v) is 11.2. The number of urea groups is 1. The number of imide groups is 1. The summed E-state index contributed by atoms with van der Waals surface area (Å²) in [6, 6.07) is 2.82. The number of pyridine rings is 1. The fourth-order valence-electron chi connectivity index (χ4n) is 4.02. The van der Waals surface area contributed by atoms with Gasteiger partial charge < -0.3 is 4.74 Å². The molecule has 3 aromatic rings. The molecule has 1 aliphatic rings. The fourth-order valence-corrected chi connectivity index (χ4v) is 4.02. The average molecular weight is 508 g/mol. The van der Waals surface area contributed by atoms with E-state index in [1.807, 2.05) is 11.8 Å². The second-order valence-electron chi connectivity index (χ2n) is 8.28. The number of aromatic nitrogens is 3. The van der Waals surface area contributed by atoms with Crippen LogP contribution >= 0.6 is 0 Å². The van der Waals surface area contributed by atoms with E-state index >= 15 is 0 Å². The Morgan fingerprint density at radius 1 is 1.14 bits per heavy atom. The van der Waals surface area contributed by atoms with Crippen molar-refractivity contribution in [3.63, 3.8) is 0 Å². The molecule has 0 fully saturated rings. The van der Waals surface area contributed by atoms with Crippen molar-refractivity contribution in [2.24, 2.45) is 7.05 Å². The number of fused-ring (bicyclic) bond motifs is 2. The number of hydrogen-bond donors (Lipinski definition) is 1. The lowest BCUT2D eigenvalue weighted by molar-refractivity contribution is -0.139. The molecule has 192 valence electrons. The van der Waals surface area contributed by atoms with Crippen LogP contribution in [0.15, 0.2) is 24.3 Å². The maximum absolute atomic E-state index is 13.9. The summed E-state index contributed by atoms with van der Waals surface area (Å²) in [5.74, 6) is -2.30. The van der Waals surface area contributed by atoms with Gasteiger partial charge >= 0.3 is 12.2 Å². The molecule has 3 amide bonds. The summed E-state index contributed by atoms with van der Waals surface area (Å²) in [6.07, 6.45) is -4.96. The van der Waals surface area contributed by atoms with Crippen LogP contribution in [0.4, 0.5) is 28.0 Å². The Balaban J connectivity index is 1.76. The standard InChI is InChI=1S/C23H24F4N6O3/c1-4-32-7-8-33(14-5-6-18(24)17(11-14)23(25,26)27)22(35)29-20(34)16-12-15-13(2)30-31(3)19(15)28-21(16)36-10-9-32/h5-6,11-12H,4,7-10H2,1-3H3,(H,29,34,35). The Labute approximate surface area is 203 Å². The maximum atomic E-state index is 13.9. The first-order chi connectivity index (χ1) is 17.0. The lowest BCUT2D eigenvalue weighted by Gasteiger charge is -2.28. The Hall–Kier alpha value is -3.74. The third-order valence-corrected chi connectivity index (χ3v) is 5.97. The van der Waals surface area contributed by atoms with Gasteiger partial charge in [-0.2, -0.15) is 23.3 Å². The van der Waals surface area contributed by atoms with Gasteiger partial charge in [0.2, 0.25) is 5.88 Å². The number of hydrogen-bond acceptors (Lipinski definition) is 6. The third kappa shape index (κ3) is 4.96. The summed E-state index contributed by atoms with van der Waals surface area (Å²) >= 11 is 0. The molecule has 0 aliphatic carbocycles. The van der Waals surface area contributed by atoms with E-state index in [0.29, 0.717) is 41.9 Å². The number of halogens is 4. The number of carbonyl (C=O) groups excluding carboxylic acids is 2. The highest BCUT2D eigenvalue weighted by Crippen LogP contribution is 2.34. The smallest absolute Gasteiger partial charge is 0.419 e. The number of likely N-dealkylation sites (N-methyl/N-ethyl adjacent to an activating group) is 1. The summed E-state index contributed by atoms with van der Waals surface area (Å²) in [5.41, 5.74) is -0.633. The van der Waals surface area contributed by atoms with Gasteiger partial charge in [-0.05, 0) is 37.7 Å². The van der Waals surface area contributed by atoms with E-state index in [1.165, 1.54) is 6.07 Å². The zero-order valence-electron chi connectivity index (χ0n) is 19.8. The molecule has 36 heavy (non-hydrogen) atoms. The van der Waals surface area contributed by atoms with E-state index < -0.39 is 29.5 Å². The van der Waals surface area contributed by atoms with Crippen LogP contribution in [0.25, 0.3) is 11.0 Å². The van der Waals surface area contributed by atoms with Crippen molar-refractivity contribution in [1.29, 1.82) is 0 Å². The lowest BCUT2D eigenvalue weighted by atomic mass is 10.1. The maximum Gasteiger partial charge on any atom is 0.419 e. The van der Waals surface area contributed by atoms with Crippen LogP contribution in [-0.2, 0) is 13.2 Å². The number of anilines is 1. The largest absolute Gasteiger partial charge is 0.476 e. The minimum absolute atomic E-state index is 0.000108. The molecule has 9 nitrogen and oxygen atoms in total. The van der Waals surface area contributed by atoms with Crippen LogP contribution in [0.3, 0.4) is 0 Å². The summed E-state index contributed by atoms with van der Waals surface area (Å²) in [6.45, 7) is 4.97. The third-order valence-electron chi connectivity index (χ3n) is 5.97. The molecule has 0 radical (unpaired) electrons. The van der Waals surface area contributed by atoms with E-state index in [-0.39, 0.29) is 36.8 Å². The number of amides is 3. The number of alkyl halides is 3. The van der Waals surface area contributed by atoms with Crippen molar-refractivity contribution in [3.05, 3.63) is 46.9 Å². The van der Waals surface area contributed by atoms with Crippen LogP contribution in [0, 0.1) is 12.7 Å². The average Bonchev–Trinajstić information content (AvgIpc) is 3.09. The highest BCUT2D eigenvalue weighted by molar-refractivity contribution is 6.10. The van der Waals surface area contributed by atoms with Crippen molar-refractivity contribution in [3.8, 4) is 5.88 Å². The van der Waals surface area contributed by atoms with E-state index in [1.54, 1.807) is 18.7 Å². The topological polar surface area (TPSA) is 92.6 Å². The van der Waals surface area contributed by atoms with E-state index in [2.05, 4.69) is 15.4 Å². The Kier molecular flexibility index (Phi) is 6.85. The summed E-state index contributed by atoms with van der Waals surface area (Å²) in [7, 11) is 1.70.